The molecule has 0 spiro atoms. The van der Waals surface area contributed by atoms with Crippen molar-refractivity contribution in [2.45, 2.75) is 50.9 Å². The fraction of sp³-hybridized carbons (Fsp3) is 0.381. The van der Waals surface area contributed by atoms with Gasteiger partial charge in [0, 0.05) is 0 Å². The zero-order valence-corrected chi connectivity index (χ0v) is 13.9. The van der Waals surface area contributed by atoms with Crippen LogP contribution in [0.2, 0.25) is 0 Å². The fourth-order valence-corrected chi connectivity index (χ4v) is 4.90. The molecule has 2 aromatic rings. The predicted molar refractivity (Wildman–Crippen MR) is 93.1 cm³/mol. The molecule has 124 valence electrons. The lowest BCUT2D eigenvalue weighted by molar-refractivity contribution is 0.111. The molecule has 0 aromatic heterocycles. The number of carbonyl (C=O) groups is 1. The van der Waals surface area contributed by atoms with Crippen LogP contribution in [0.3, 0.4) is 0 Å². The average Bonchev–Trinajstić information content (AvgIpc) is 3.04. The minimum absolute atomic E-state index is 0.133. The Labute approximate surface area is 142 Å². The molecular weight excluding hydrogens is 300 g/mol. The molecule has 3 heteroatoms. The third-order valence-electron chi connectivity index (χ3n) is 5.98. The van der Waals surface area contributed by atoms with E-state index in [1.807, 2.05) is 6.92 Å². The quantitative estimate of drug-likeness (QED) is 0.637. The first kappa shape index (κ1) is 15.3. The number of aromatic hydroxyl groups is 2. The van der Waals surface area contributed by atoms with Gasteiger partial charge in [-0.3, -0.25) is 4.79 Å². The Morgan fingerprint density at radius 2 is 1.83 bits per heavy atom. The number of fused-ring (bicyclic) bond motifs is 2. The van der Waals surface area contributed by atoms with Crippen molar-refractivity contribution in [1.29, 1.82) is 0 Å². The Kier molecular flexibility index (Phi) is 3.60. The van der Waals surface area contributed by atoms with Crippen LogP contribution < -0.4 is 0 Å². The van der Waals surface area contributed by atoms with Crippen molar-refractivity contribution >= 4 is 6.29 Å². The monoisotopic (exact) mass is 322 g/mol. The SMILES string of the molecule is Cc1c(O)c(O)c(C=O)c2c1C(C1CCCc3ccccc31)CC2. The van der Waals surface area contributed by atoms with Gasteiger partial charge in [-0.25, -0.2) is 0 Å². The number of phenolic OH excluding ortho intramolecular Hbond substituents is 2. The molecule has 0 radical (unpaired) electrons. The molecule has 2 aliphatic rings. The van der Waals surface area contributed by atoms with Crippen LogP contribution in [0.4, 0.5) is 0 Å². The van der Waals surface area contributed by atoms with Crippen molar-refractivity contribution in [3.05, 3.63) is 57.6 Å². The third kappa shape index (κ3) is 2.07. The summed E-state index contributed by atoms with van der Waals surface area (Å²) in [5.41, 5.74) is 5.89. The van der Waals surface area contributed by atoms with Crippen LogP contribution in [0.5, 0.6) is 11.5 Å². The van der Waals surface area contributed by atoms with E-state index in [-0.39, 0.29) is 17.1 Å². The number of phenols is 2. The minimum atomic E-state index is -0.258. The first-order valence-corrected chi connectivity index (χ1v) is 8.73. The predicted octanol–water partition coefficient (Wildman–Crippen LogP) is 4.37. The first-order valence-electron chi connectivity index (χ1n) is 8.73. The Morgan fingerprint density at radius 3 is 2.62 bits per heavy atom. The van der Waals surface area contributed by atoms with Crippen molar-refractivity contribution in [1.82, 2.24) is 0 Å². The summed E-state index contributed by atoms with van der Waals surface area (Å²) in [6, 6.07) is 8.65. The molecule has 2 N–H and O–H groups in total. The second-order valence-corrected chi connectivity index (χ2v) is 7.09. The third-order valence-corrected chi connectivity index (χ3v) is 5.98. The lowest BCUT2D eigenvalue weighted by Crippen LogP contribution is -2.16. The highest BCUT2D eigenvalue weighted by molar-refractivity contribution is 5.85. The van der Waals surface area contributed by atoms with Crippen LogP contribution in [-0.4, -0.2) is 16.5 Å². The Hall–Kier alpha value is -2.29. The van der Waals surface area contributed by atoms with Crippen molar-refractivity contribution in [2.75, 3.05) is 0 Å². The van der Waals surface area contributed by atoms with E-state index in [4.69, 9.17) is 0 Å². The summed E-state index contributed by atoms with van der Waals surface area (Å²) in [4.78, 5) is 11.5. The molecule has 2 unspecified atom stereocenters. The van der Waals surface area contributed by atoms with E-state index in [1.54, 1.807) is 0 Å². The van der Waals surface area contributed by atoms with Crippen molar-refractivity contribution < 1.29 is 15.0 Å². The first-order chi connectivity index (χ1) is 11.6. The lowest BCUT2D eigenvalue weighted by Gasteiger charge is -2.31. The second-order valence-electron chi connectivity index (χ2n) is 7.09. The summed E-state index contributed by atoms with van der Waals surface area (Å²) >= 11 is 0. The van der Waals surface area contributed by atoms with E-state index in [0.717, 1.165) is 42.4 Å². The molecule has 2 aliphatic carbocycles. The van der Waals surface area contributed by atoms with Crippen LogP contribution in [0.1, 0.15) is 69.3 Å². The van der Waals surface area contributed by atoms with E-state index < -0.39 is 0 Å². The van der Waals surface area contributed by atoms with E-state index in [1.165, 1.54) is 17.5 Å². The summed E-state index contributed by atoms with van der Waals surface area (Å²) in [7, 11) is 0. The lowest BCUT2D eigenvalue weighted by atomic mass is 9.73. The second kappa shape index (κ2) is 5.66. The van der Waals surface area contributed by atoms with Gasteiger partial charge >= 0.3 is 0 Å². The Bertz CT molecular complexity index is 822. The topological polar surface area (TPSA) is 57.5 Å². The van der Waals surface area contributed by atoms with Crippen LogP contribution in [0.25, 0.3) is 0 Å². The van der Waals surface area contributed by atoms with Crippen LogP contribution >= 0.6 is 0 Å². The molecule has 0 heterocycles. The number of rotatable bonds is 2. The van der Waals surface area contributed by atoms with Crippen molar-refractivity contribution in [3.63, 3.8) is 0 Å². The highest BCUT2D eigenvalue weighted by Crippen LogP contribution is 2.52. The summed E-state index contributed by atoms with van der Waals surface area (Å²) in [6.45, 7) is 1.86. The van der Waals surface area contributed by atoms with Gasteiger partial charge in [0.15, 0.2) is 17.8 Å². The van der Waals surface area contributed by atoms with Gasteiger partial charge < -0.3 is 10.2 Å². The fourth-order valence-electron chi connectivity index (χ4n) is 4.90. The highest BCUT2D eigenvalue weighted by Gasteiger charge is 2.37. The van der Waals surface area contributed by atoms with Gasteiger partial charge in [-0.2, -0.15) is 0 Å². The van der Waals surface area contributed by atoms with Gasteiger partial charge in [0.05, 0.1) is 5.56 Å². The number of hydrogen-bond acceptors (Lipinski definition) is 3. The maximum atomic E-state index is 11.5. The van der Waals surface area contributed by atoms with Gasteiger partial charge in [0.2, 0.25) is 0 Å². The van der Waals surface area contributed by atoms with E-state index >= 15 is 0 Å². The van der Waals surface area contributed by atoms with Crippen LogP contribution in [0, 0.1) is 6.92 Å². The normalized spacial score (nSPS) is 22.0. The smallest absolute Gasteiger partial charge is 0.168 e. The largest absolute Gasteiger partial charge is 0.504 e. The average molecular weight is 322 g/mol. The molecule has 0 saturated carbocycles. The van der Waals surface area contributed by atoms with Gasteiger partial charge in [-0.1, -0.05) is 24.3 Å². The van der Waals surface area contributed by atoms with E-state index in [0.29, 0.717) is 18.1 Å². The van der Waals surface area contributed by atoms with Crippen LogP contribution in [-0.2, 0) is 12.8 Å². The van der Waals surface area contributed by atoms with E-state index in [2.05, 4.69) is 24.3 Å². The summed E-state index contributed by atoms with van der Waals surface area (Å²) in [5.74, 6) is 0.350. The summed E-state index contributed by atoms with van der Waals surface area (Å²) in [6.07, 6.45) is 5.90. The molecule has 0 fully saturated rings. The maximum Gasteiger partial charge on any atom is 0.168 e. The molecule has 0 aliphatic heterocycles. The molecule has 0 bridgehead atoms. The van der Waals surface area contributed by atoms with Gasteiger partial charge in [0.25, 0.3) is 0 Å². The minimum Gasteiger partial charge on any atom is -0.504 e. The molecule has 2 atom stereocenters. The molecule has 2 aromatic carbocycles. The van der Waals surface area contributed by atoms with Gasteiger partial charge in [0.1, 0.15) is 0 Å². The molecule has 4 rings (SSSR count). The molecular formula is C21H22O3. The molecule has 24 heavy (non-hydrogen) atoms. The maximum absolute atomic E-state index is 11.5. The zero-order valence-electron chi connectivity index (χ0n) is 13.9. The van der Waals surface area contributed by atoms with Gasteiger partial charge in [-0.15, -0.1) is 0 Å². The molecule has 0 amide bonds. The Morgan fingerprint density at radius 1 is 1.04 bits per heavy atom. The van der Waals surface area contributed by atoms with Crippen molar-refractivity contribution in [3.8, 4) is 11.5 Å². The van der Waals surface area contributed by atoms with E-state index in [9.17, 15) is 15.0 Å². The zero-order chi connectivity index (χ0) is 16.8. The van der Waals surface area contributed by atoms with Crippen LogP contribution in [0.15, 0.2) is 24.3 Å². The number of benzene rings is 2. The number of aldehydes is 1. The van der Waals surface area contributed by atoms with Gasteiger partial charge in [-0.05, 0) is 78.7 Å². The number of carbonyl (C=O) groups excluding carboxylic acids is 1. The molecule has 0 saturated heterocycles. The standard InChI is InChI=1S/C21H22O3/c1-12-19-16(9-10-17(19)18(11-22)21(24)20(12)23)15-8-4-6-13-5-2-3-7-14(13)15/h2-3,5,7,11,15-16,23-24H,4,6,8-10H2,1H3. The Balaban J connectivity index is 1.87. The highest BCUT2D eigenvalue weighted by atomic mass is 16.3. The van der Waals surface area contributed by atoms with Crippen molar-refractivity contribution in [2.24, 2.45) is 0 Å². The number of hydrogen-bond donors (Lipinski definition) is 2. The summed E-state index contributed by atoms with van der Waals surface area (Å²) in [5, 5.41) is 20.4. The number of aryl methyl sites for hydroxylation is 1. The molecule has 3 nitrogen and oxygen atoms in total. The summed E-state index contributed by atoms with van der Waals surface area (Å²) < 4.78 is 0.